The van der Waals surface area contributed by atoms with Crippen LogP contribution in [-0.4, -0.2) is 171 Å². The Morgan fingerprint density at radius 3 is 0.667 bits per heavy atom. The van der Waals surface area contributed by atoms with Crippen LogP contribution < -0.4 is 0 Å². The van der Waals surface area contributed by atoms with Crippen LogP contribution in [0.15, 0.2) is 0 Å². The highest BCUT2D eigenvalue weighted by atomic mass is 16.6. The molecule has 0 aliphatic carbocycles. The quantitative estimate of drug-likeness (QED) is 0.0703. The van der Waals surface area contributed by atoms with E-state index in [1.807, 2.05) is 14.1 Å². The van der Waals surface area contributed by atoms with E-state index >= 15 is 0 Å². The summed E-state index contributed by atoms with van der Waals surface area (Å²) in [4.78, 5) is 2.09. The number of nitrogens with zero attached hydrogens (tertiary/aromatic N) is 1. The summed E-state index contributed by atoms with van der Waals surface area (Å²) < 4.78 is 60.7. The highest BCUT2D eigenvalue weighted by molar-refractivity contribution is 4.49. The second-order valence-corrected chi connectivity index (χ2v) is 12.8. The Balaban J connectivity index is 3.05. The maximum absolute atomic E-state index is 5.68. The number of rotatable bonds is 47. The van der Waals surface area contributed by atoms with Gasteiger partial charge in [0, 0.05) is 13.2 Å². The average Bonchev–Trinajstić information content (AvgIpc) is 3.13. The Bertz CT molecular complexity index is 607. The van der Waals surface area contributed by atoms with E-state index in [1.54, 1.807) is 0 Å². The molecule has 0 amide bonds. The van der Waals surface area contributed by atoms with E-state index in [2.05, 4.69) is 11.8 Å². The van der Waals surface area contributed by atoms with Gasteiger partial charge in [-0.05, 0) is 20.5 Å². The molecule has 0 rings (SSSR count). The fraction of sp³-hybridized carbons (Fsp3) is 1.00. The molecular weight excluding hydrogens is 658 g/mol. The van der Waals surface area contributed by atoms with Crippen LogP contribution in [0.1, 0.15) is 90.4 Å². The molecule has 0 saturated carbocycles. The zero-order valence-corrected chi connectivity index (χ0v) is 33.4. The minimum absolute atomic E-state index is 0.525. The van der Waals surface area contributed by atoms with Crippen LogP contribution in [-0.2, 0) is 52.1 Å². The fourth-order valence-corrected chi connectivity index (χ4v) is 4.77. The van der Waals surface area contributed by atoms with Gasteiger partial charge in [0.15, 0.2) is 0 Å². The van der Waals surface area contributed by atoms with Gasteiger partial charge >= 0.3 is 0 Å². The van der Waals surface area contributed by atoms with Crippen molar-refractivity contribution in [3.8, 4) is 0 Å². The maximum Gasteiger partial charge on any atom is 0.0701 e. The molecule has 0 atom stereocenters. The molecule has 0 unspecified atom stereocenters. The molecule has 0 fully saturated rings. The van der Waals surface area contributed by atoms with Crippen molar-refractivity contribution in [3.63, 3.8) is 0 Å². The number of hydrogen-bond acceptors (Lipinski definition) is 12. The lowest BCUT2D eigenvalue weighted by Gasteiger charge is -2.10. The van der Waals surface area contributed by atoms with E-state index in [9.17, 15) is 0 Å². The Labute approximate surface area is 313 Å². The van der Waals surface area contributed by atoms with Crippen molar-refractivity contribution in [1.82, 2.24) is 4.90 Å². The summed E-state index contributed by atoms with van der Waals surface area (Å²) in [6, 6.07) is 0. The van der Waals surface area contributed by atoms with Crippen molar-refractivity contribution in [2.75, 3.05) is 166 Å². The molecule has 0 heterocycles. The van der Waals surface area contributed by atoms with Gasteiger partial charge in [-0.25, -0.2) is 0 Å². The van der Waals surface area contributed by atoms with Gasteiger partial charge < -0.3 is 57.0 Å². The molecule has 12 heteroatoms. The zero-order chi connectivity index (χ0) is 36.8. The molecule has 0 bridgehead atoms. The second-order valence-electron chi connectivity index (χ2n) is 12.8. The lowest BCUT2D eigenvalue weighted by atomic mass is 10.0. The summed E-state index contributed by atoms with van der Waals surface area (Å²) in [7, 11) is 4.05. The van der Waals surface area contributed by atoms with E-state index in [4.69, 9.17) is 52.1 Å². The van der Waals surface area contributed by atoms with Gasteiger partial charge in [0.2, 0.25) is 0 Å². The zero-order valence-electron chi connectivity index (χ0n) is 33.4. The standard InChI is InChI=1S/C39H81NO11/c1-4-5-6-7-8-9-10-11-12-13-14-15-16-18-41-20-22-43-24-26-45-28-30-47-32-34-49-36-38-51-39-37-50-35-33-48-31-29-46-27-25-44-23-21-42-19-17-40(2)3/h4-39H2,1-3H3. The fourth-order valence-electron chi connectivity index (χ4n) is 4.77. The van der Waals surface area contributed by atoms with Gasteiger partial charge in [0.1, 0.15) is 0 Å². The normalized spacial score (nSPS) is 11.8. The molecule has 0 aromatic heterocycles. The van der Waals surface area contributed by atoms with Crippen molar-refractivity contribution in [2.45, 2.75) is 90.4 Å². The summed E-state index contributed by atoms with van der Waals surface area (Å²) in [5.41, 5.74) is 0. The van der Waals surface area contributed by atoms with Crippen molar-refractivity contribution in [3.05, 3.63) is 0 Å². The summed E-state index contributed by atoms with van der Waals surface area (Å²) >= 11 is 0. The van der Waals surface area contributed by atoms with Crippen LogP contribution in [0.2, 0.25) is 0 Å². The molecule has 0 saturated heterocycles. The minimum atomic E-state index is 0.525. The molecule has 0 radical (unpaired) electrons. The molecule has 0 spiro atoms. The molecule has 12 nitrogen and oxygen atoms in total. The average molecular weight is 740 g/mol. The number of hydrogen-bond donors (Lipinski definition) is 0. The molecule has 51 heavy (non-hydrogen) atoms. The first-order chi connectivity index (χ1) is 25.3. The smallest absolute Gasteiger partial charge is 0.0701 e. The van der Waals surface area contributed by atoms with Crippen molar-refractivity contribution in [1.29, 1.82) is 0 Å². The van der Waals surface area contributed by atoms with Crippen LogP contribution >= 0.6 is 0 Å². The van der Waals surface area contributed by atoms with Gasteiger partial charge in [-0.15, -0.1) is 0 Å². The van der Waals surface area contributed by atoms with Crippen LogP contribution in [0.4, 0.5) is 0 Å². The molecule has 0 aromatic carbocycles. The van der Waals surface area contributed by atoms with Gasteiger partial charge in [0.05, 0.1) is 139 Å². The molecule has 0 aromatic rings. The molecule has 0 N–H and O–H groups in total. The van der Waals surface area contributed by atoms with E-state index in [0.717, 1.165) is 26.2 Å². The Kier molecular flexibility index (Phi) is 47.1. The van der Waals surface area contributed by atoms with E-state index in [-0.39, 0.29) is 0 Å². The van der Waals surface area contributed by atoms with Gasteiger partial charge in [-0.1, -0.05) is 84.0 Å². The van der Waals surface area contributed by atoms with Crippen molar-refractivity contribution >= 4 is 0 Å². The summed E-state index contributed by atoms with van der Waals surface area (Å²) in [5.74, 6) is 0. The highest BCUT2D eigenvalue weighted by Gasteiger charge is 1.98. The molecule has 308 valence electrons. The Morgan fingerprint density at radius 2 is 0.431 bits per heavy atom. The van der Waals surface area contributed by atoms with Crippen LogP contribution in [0.3, 0.4) is 0 Å². The third kappa shape index (κ3) is 49.5. The number of ether oxygens (including phenoxy) is 11. The topological polar surface area (TPSA) is 105 Å². The van der Waals surface area contributed by atoms with Crippen LogP contribution in [0.25, 0.3) is 0 Å². The monoisotopic (exact) mass is 740 g/mol. The lowest BCUT2D eigenvalue weighted by Crippen LogP contribution is -2.19. The first-order valence-electron chi connectivity index (χ1n) is 20.3. The summed E-state index contributed by atoms with van der Waals surface area (Å²) in [5, 5.41) is 0. The SMILES string of the molecule is CCCCCCCCCCCCCCCOCCOCCOCCOCCOCCOCCOCCOCCOCCOCCOCCN(C)C. The van der Waals surface area contributed by atoms with Gasteiger partial charge in [-0.2, -0.15) is 0 Å². The Morgan fingerprint density at radius 1 is 0.235 bits per heavy atom. The molecule has 0 aliphatic rings. The van der Waals surface area contributed by atoms with Crippen LogP contribution in [0.5, 0.6) is 0 Å². The Hall–Kier alpha value is -0.480. The van der Waals surface area contributed by atoms with E-state index in [0.29, 0.717) is 132 Å². The minimum Gasteiger partial charge on any atom is -0.379 e. The van der Waals surface area contributed by atoms with Crippen molar-refractivity contribution < 1.29 is 52.1 Å². The third-order valence-electron chi connectivity index (χ3n) is 7.80. The highest BCUT2D eigenvalue weighted by Crippen LogP contribution is 2.12. The predicted molar refractivity (Wildman–Crippen MR) is 203 cm³/mol. The van der Waals surface area contributed by atoms with E-state index in [1.165, 1.54) is 77.0 Å². The molecule has 0 aliphatic heterocycles. The third-order valence-corrected chi connectivity index (χ3v) is 7.80. The van der Waals surface area contributed by atoms with Gasteiger partial charge in [0.25, 0.3) is 0 Å². The number of likely N-dealkylation sites (N-methyl/N-ethyl adjacent to an activating group) is 1. The lowest BCUT2D eigenvalue weighted by molar-refractivity contribution is -0.0276. The predicted octanol–water partition coefficient (Wildman–Crippen LogP) is 5.82. The largest absolute Gasteiger partial charge is 0.379 e. The number of unbranched alkanes of at least 4 members (excludes halogenated alkanes) is 12. The summed E-state index contributed by atoms with van der Waals surface area (Å²) in [6.07, 6.45) is 17.8. The van der Waals surface area contributed by atoms with E-state index < -0.39 is 0 Å². The summed E-state index contributed by atoms with van der Waals surface area (Å²) in [6.45, 7) is 15.8. The molecular formula is C39H81NO11. The maximum atomic E-state index is 5.68. The first-order valence-corrected chi connectivity index (χ1v) is 20.3. The van der Waals surface area contributed by atoms with Gasteiger partial charge in [-0.3, -0.25) is 0 Å². The van der Waals surface area contributed by atoms with Crippen LogP contribution in [0, 0.1) is 0 Å². The first kappa shape index (κ1) is 50.5. The van der Waals surface area contributed by atoms with Crippen molar-refractivity contribution in [2.24, 2.45) is 0 Å². The second kappa shape index (κ2) is 47.5.